The van der Waals surface area contributed by atoms with Crippen LogP contribution in [0.3, 0.4) is 0 Å². The summed E-state index contributed by atoms with van der Waals surface area (Å²) < 4.78 is 5.03. The fourth-order valence-corrected chi connectivity index (χ4v) is 1.34. The van der Waals surface area contributed by atoms with Crippen molar-refractivity contribution in [1.29, 1.82) is 0 Å². The van der Waals surface area contributed by atoms with Crippen molar-refractivity contribution in [1.82, 2.24) is 5.32 Å². The van der Waals surface area contributed by atoms with Crippen LogP contribution in [0.1, 0.15) is 17.3 Å². The molecule has 0 aliphatic rings. The van der Waals surface area contributed by atoms with E-state index >= 15 is 0 Å². The van der Waals surface area contributed by atoms with E-state index in [0.29, 0.717) is 17.0 Å². The Labute approximate surface area is 95.2 Å². The van der Waals surface area contributed by atoms with E-state index in [9.17, 15) is 4.79 Å². The van der Waals surface area contributed by atoms with Crippen LogP contribution in [0.5, 0.6) is 0 Å². The molecule has 1 aromatic rings. The highest BCUT2D eigenvalue weighted by molar-refractivity contribution is 7.80. The van der Waals surface area contributed by atoms with Crippen molar-refractivity contribution in [2.24, 2.45) is 0 Å². The van der Waals surface area contributed by atoms with Gasteiger partial charge < -0.3 is 10.1 Å². The fourth-order valence-electron chi connectivity index (χ4n) is 1.08. The van der Waals surface area contributed by atoms with Gasteiger partial charge in [-0.1, -0.05) is 12.1 Å². The minimum Gasteiger partial charge on any atom is -0.380 e. The van der Waals surface area contributed by atoms with E-state index in [1.807, 2.05) is 19.1 Å². The molecule has 0 aliphatic heterocycles. The zero-order valence-corrected chi connectivity index (χ0v) is 9.75. The van der Waals surface area contributed by atoms with Crippen molar-refractivity contribution in [3.8, 4) is 0 Å². The number of hydrogen-bond acceptors (Lipinski definition) is 3. The van der Waals surface area contributed by atoms with Gasteiger partial charge in [-0.25, -0.2) is 0 Å². The van der Waals surface area contributed by atoms with Crippen LogP contribution in [0, 0.1) is 0 Å². The molecule has 15 heavy (non-hydrogen) atoms. The molecular formula is C11H15NO2S. The van der Waals surface area contributed by atoms with E-state index in [1.54, 1.807) is 19.2 Å². The summed E-state index contributed by atoms with van der Waals surface area (Å²) in [7, 11) is 1.61. The molecule has 0 bridgehead atoms. The molecule has 0 aromatic heterocycles. The van der Waals surface area contributed by atoms with Crippen LogP contribution < -0.4 is 5.32 Å². The van der Waals surface area contributed by atoms with Gasteiger partial charge in [0.15, 0.2) is 0 Å². The highest BCUT2D eigenvalue weighted by atomic mass is 32.1. The molecule has 1 atom stereocenters. The first kappa shape index (κ1) is 12.1. The van der Waals surface area contributed by atoms with Gasteiger partial charge in [0, 0.05) is 18.6 Å². The Bertz CT molecular complexity index is 341. The summed E-state index contributed by atoms with van der Waals surface area (Å²) in [5.41, 5.74) is 0.587. The van der Waals surface area contributed by atoms with Crippen LogP contribution in [-0.4, -0.2) is 25.7 Å². The molecule has 1 rings (SSSR count). The molecular weight excluding hydrogens is 210 g/mol. The zero-order chi connectivity index (χ0) is 11.3. The number of thiol groups is 1. The van der Waals surface area contributed by atoms with Gasteiger partial charge in [-0.2, -0.15) is 0 Å². The van der Waals surface area contributed by atoms with Crippen molar-refractivity contribution < 1.29 is 9.53 Å². The van der Waals surface area contributed by atoms with Crippen molar-refractivity contribution in [3.05, 3.63) is 29.8 Å². The first-order valence-electron chi connectivity index (χ1n) is 4.74. The van der Waals surface area contributed by atoms with E-state index < -0.39 is 0 Å². The normalized spacial score (nSPS) is 12.2. The Morgan fingerprint density at radius 2 is 2.20 bits per heavy atom. The van der Waals surface area contributed by atoms with Gasteiger partial charge in [0.05, 0.1) is 11.7 Å². The minimum absolute atomic E-state index is 0.0148. The summed E-state index contributed by atoms with van der Waals surface area (Å²) in [4.78, 5) is 12.4. The van der Waals surface area contributed by atoms with Crippen molar-refractivity contribution >= 4 is 18.5 Å². The number of hydrogen-bond donors (Lipinski definition) is 2. The third kappa shape index (κ3) is 3.57. The van der Waals surface area contributed by atoms with E-state index in [-0.39, 0.29) is 12.0 Å². The molecule has 0 saturated carbocycles. The van der Waals surface area contributed by atoms with Gasteiger partial charge in [0.2, 0.25) is 0 Å². The number of methoxy groups -OCH3 is 1. The monoisotopic (exact) mass is 225 g/mol. The third-order valence-corrected chi connectivity index (χ3v) is 2.49. The Morgan fingerprint density at radius 3 is 2.80 bits per heavy atom. The maximum Gasteiger partial charge on any atom is 0.252 e. The molecule has 0 heterocycles. The van der Waals surface area contributed by atoms with Crippen LogP contribution in [-0.2, 0) is 4.74 Å². The smallest absolute Gasteiger partial charge is 0.252 e. The molecule has 0 saturated heterocycles. The molecule has 82 valence electrons. The van der Waals surface area contributed by atoms with E-state index in [2.05, 4.69) is 17.9 Å². The number of ether oxygens (including phenoxy) is 1. The van der Waals surface area contributed by atoms with Crippen LogP contribution in [0.25, 0.3) is 0 Å². The summed E-state index contributed by atoms with van der Waals surface area (Å²) in [6.07, 6.45) is 0.0148. The van der Waals surface area contributed by atoms with Gasteiger partial charge in [-0.3, -0.25) is 4.79 Å². The number of amides is 1. The predicted molar refractivity (Wildman–Crippen MR) is 62.5 cm³/mol. The summed E-state index contributed by atoms with van der Waals surface area (Å²) in [6.45, 7) is 2.39. The highest BCUT2D eigenvalue weighted by Crippen LogP contribution is 2.12. The van der Waals surface area contributed by atoms with Crippen molar-refractivity contribution in [3.63, 3.8) is 0 Å². The second kappa shape index (κ2) is 5.78. The van der Waals surface area contributed by atoms with Crippen LogP contribution in [0.2, 0.25) is 0 Å². The minimum atomic E-state index is -0.121. The molecule has 3 nitrogen and oxygen atoms in total. The average molecular weight is 225 g/mol. The van der Waals surface area contributed by atoms with Crippen molar-refractivity contribution in [2.45, 2.75) is 17.9 Å². The number of rotatable bonds is 4. The molecule has 0 aliphatic carbocycles. The van der Waals surface area contributed by atoms with Crippen LogP contribution >= 0.6 is 12.6 Å². The molecule has 4 heteroatoms. The Morgan fingerprint density at radius 1 is 1.53 bits per heavy atom. The second-order valence-electron chi connectivity index (χ2n) is 3.27. The fraction of sp³-hybridized carbons (Fsp3) is 0.364. The quantitative estimate of drug-likeness (QED) is 0.766. The van der Waals surface area contributed by atoms with Gasteiger partial charge in [-0.05, 0) is 19.1 Å². The molecule has 0 fully saturated rings. The molecule has 1 aromatic carbocycles. The van der Waals surface area contributed by atoms with Gasteiger partial charge in [-0.15, -0.1) is 12.6 Å². The lowest BCUT2D eigenvalue weighted by Gasteiger charge is -2.11. The maximum atomic E-state index is 11.7. The molecule has 1 N–H and O–H groups in total. The lowest BCUT2D eigenvalue weighted by atomic mass is 10.2. The van der Waals surface area contributed by atoms with Gasteiger partial charge in [0.1, 0.15) is 0 Å². The van der Waals surface area contributed by atoms with E-state index in [4.69, 9.17) is 4.74 Å². The molecule has 0 radical (unpaired) electrons. The predicted octanol–water partition coefficient (Wildman–Crippen LogP) is 1.74. The Balaban J connectivity index is 2.58. The number of carbonyl (C=O) groups is 1. The largest absolute Gasteiger partial charge is 0.380 e. The third-order valence-electron chi connectivity index (χ3n) is 2.10. The van der Waals surface area contributed by atoms with Gasteiger partial charge >= 0.3 is 0 Å². The van der Waals surface area contributed by atoms with Crippen LogP contribution in [0.15, 0.2) is 29.2 Å². The van der Waals surface area contributed by atoms with Crippen molar-refractivity contribution in [2.75, 3.05) is 13.7 Å². The summed E-state index contributed by atoms with van der Waals surface area (Å²) >= 11 is 4.21. The standard InChI is InChI=1S/C11H15NO2S/c1-8(14-2)7-12-11(13)9-5-3-4-6-10(9)15/h3-6,8,15H,7H2,1-2H3,(H,12,13). The first-order chi connectivity index (χ1) is 7.15. The Hall–Kier alpha value is -1.00. The highest BCUT2D eigenvalue weighted by Gasteiger charge is 2.09. The van der Waals surface area contributed by atoms with E-state index in [1.165, 1.54) is 0 Å². The average Bonchev–Trinajstić information content (AvgIpc) is 2.26. The topological polar surface area (TPSA) is 38.3 Å². The number of benzene rings is 1. The number of nitrogens with one attached hydrogen (secondary N) is 1. The maximum absolute atomic E-state index is 11.7. The molecule has 1 amide bonds. The Kier molecular flexibility index (Phi) is 4.65. The zero-order valence-electron chi connectivity index (χ0n) is 8.86. The lowest BCUT2D eigenvalue weighted by molar-refractivity contribution is 0.0868. The van der Waals surface area contributed by atoms with E-state index in [0.717, 1.165) is 0 Å². The van der Waals surface area contributed by atoms with Crippen LogP contribution in [0.4, 0.5) is 0 Å². The first-order valence-corrected chi connectivity index (χ1v) is 5.19. The molecule has 1 unspecified atom stereocenters. The molecule has 0 spiro atoms. The SMILES string of the molecule is COC(C)CNC(=O)c1ccccc1S. The van der Waals surface area contributed by atoms with Gasteiger partial charge in [0.25, 0.3) is 5.91 Å². The lowest BCUT2D eigenvalue weighted by Crippen LogP contribution is -2.31. The summed E-state index contributed by atoms with van der Waals surface area (Å²) in [5.74, 6) is -0.121. The second-order valence-corrected chi connectivity index (χ2v) is 3.76. The summed E-state index contributed by atoms with van der Waals surface area (Å²) in [5, 5.41) is 2.78. The summed E-state index contributed by atoms with van der Waals surface area (Å²) in [6, 6.07) is 7.19. The number of carbonyl (C=O) groups excluding carboxylic acids is 1.